The van der Waals surface area contributed by atoms with Crippen molar-refractivity contribution < 1.29 is 24.2 Å². The van der Waals surface area contributed by atoms with Crippen LogP contribution in [0.2, 0.25) is 0 Å². The number of aliphatic hydroxyl groups is 1. The van der Waals surface area contributed by atoms with Crippen LogP contribution < -0.4 is 0 Å². The predicted molar refractivity (Wildman–Crippen MR) is 389 cm³/mol. The molecular weight excluding hydrogens is 1080 g/mol. The number of carbonyl (C=O) groups excluding carboxylic acids is 2. The maximum Gasteiger partial charge on any atom is 0.306 e. The number of rotatable bonds is 64. The Balaban J connectivity index is 3.56. The fourth-order valence-corrected chi connectivity index (χ4v) is 9.59. The number of allylic oxidation sites excluding steroid dienone is 32. The third-order valence-electron chi connectivity index (χ3n) is 14.9. The number of hydrogen-bond acceptors (Lipinski definition) is 5. The molecule has 494 valence electrons. The zero-order valence-corrected chi connectivity index (χ0v) is 56.7. The number of esters is 2. The molecule has 1 atom stereocenters. The minimum Gasteiger partial charge on any atom is -0.462 e. The SMILES string of the molecule is CC/C=C\C/C=C\C/C=C\C/C=C\C/C=C\C/C=C\C/C=C\C/C=C\C/C=C\CCCCCCCCCCCCCC(=O)OC(CO)COC(=O)CCCCCCCCCCCCCCC/C=C\C/C=C\C/C=C\C/C=C\C/C=C\C/C=C\C/C=C\CC. The smallest absolute Gasteiger partial charge is 0.306 e. The van der Waals surface area contributed by atoms with Crippen molar-refractivity contribution in [3.63, 3.8) is 0 Å². The Morgan fingerprint density at radius 2 is 0.455 bits per heavy atom. The lowest BCUT2D eigenvalue weighted by molar-refractivity contribution is -0.161. The van der Waals surface area contributed by atoms with E-state index in [0.717, 1.165) is 141 Å². The third-order valence-corrected chi connectivity index (χ3v) is 14.9. The van der Waals surface area contributed by atoms with Crippen LogP contribution in [0.4, 0.5) is 0 Å². The second kappa shape index (κ2) is 76.0. The predicted octanol–water partition coefficient (Wildman–Crippen LogP) is 25.5. The molecule has 0 aromatic carbocycles. The van der Waals surface area contributed by atoms with Crippen molar-refractivity contribution in [2.45, 2.75) is 302 Å². The summed E-state index contributed by atoms with van der Waals surface area (Å²) < 4.78 is 10.8. The van der Waals surface area contributed by atoms with Gasteiger partial charge in [0, 0.05) is 12.8 Å². The number of aliphatic hydroxyl groups excluding tert-OH is 1. The number of ether oxygens (including phenoxy) is 2. The van der Waals surface area contributed by atoms with Crippen LogP contribution in [0.25, 0.3) is 0 Å². The van der Waals surface area contributed by atoms with Crippen LogP contribution in [0.1, 0.15) is 296 Å². The minimum atomic E-state index is -0.789. The molecule has 0 heterocycles. The van der Waals surface area contributed by atoms with Crippen molar-refractivity contribution in [2.24, 2.45) is 0 Å². The molecule has 0 radical (unpaired) electrons. The fourth-order valence-electron chi connectivity index (χ4n) is 9.59. The monoisotopic (exact) mass is 1210 g/mol. The van der Waals surface area contributed by atoms with Gasteiger partial charge in [0.15, 0.2) is 6.10 Å². The van der Waals surface area contributed by atoms with Gasteiger partial charge in [-0.05, 0) is 141 Å². The van der Waals surface area contributed by atoms with Gasteiger partial charge < -0.3 is 14.6 Å². The van der Waals surface area contributed by atoms with Gasteiger partial charge in [-0.2, -0.15) is 0 Å². The van der Waals surface area contributed by atoms with Crippen LogP contribution in [0.3, 0.4) is 0 Å². The molecule has 0 fully saturated rings. The highest BCUT2D eigenvalue weighted by Gasteiger charge is 2.16. The topological polar surface area (TPSA) is 72.8 Å². The number of carbonyl (C=O) groups is 2. The summed E-state index contributed by atoms with van der Waals surface area (Å²) in [6.07, 6.45) is 120. The quantitative estimate of drug-likeness (QED) is 0.0373. The molecular formula is C83H132O5. The van der Waals surface area contributed by atoms with Gasteiger partial charge in [-0.15, -0.1) is 0 Å². The first-order valence-electron chi connectivity index (χ1n) is 36.0. The minimum absolute atomic E-state index is 0.0770. The summed E-state index contributed by atoms with van der Waals surface area (Å²) in [7, 11) is 0. The van der Waals surface area contributed by atoms with Gasteiger partial charge in [-0.3, -0.25) is 9.59 Å². The van der Waals surface area contributed by atoms with Gasteiger partial charge in [0.25, 0.3) is 0 Å². The zero-order chi connectivity index (χ0) is 63.3. The van der Waals surface area contributed by atoms with Gasteiger partial charge in [0.05, 0.1) is 6.61 Å². The Labute approximate surface area is 543 Å². The van der Waals surface area contributed by atoms with Crippen molar-refractivity contribution in [3.05, 3.63) is 194 Å². The normalized spacial score (nSPS) is 13.4. The summed E-state index contributed by atoms with van der Waals surface area (Å²) in [4.78, 5) is 24.7. The molecule has 0 aliphatic heterocycles. The molecule has 0 rings (SSSR count). The van der Waals surface area contributed by atoms with Gasteiger partial charge in [-0.25, -0.2) is 0 Å². The van der Waals surface area contributed by atoms with Crippen LogP contribution in [0, 0.1) is 0 Å². The van der Waals surface area contributed by atoms with Crippen LogP contribution >= 0.6 is 0 Å². The molecule has 0 bridgehead atoms. The van der Waals surface area contributed by atoms with E-state index in [1.54, 1.807) is 0 Å². The van der Waals surface area contributed by atoms with Gasteiger partial charge in [0.1, 0.15) is 6.61 Å². The molecule has 0 saturated carbocycles. The second-order valence-electron chi connectivity index (χ2n) is 23.2. The Bertz CT molecular complexity index is 2000. The van der Waals surface area contributed by atoms with E-state index >= 15 is 0 Å². The van der Waals surface area contributed by atoms with E-state index in [4.69, 9.17) is 9.47 Å². The van der Waals surface area contributed by atoms with E-state index in [1.807, 2.05) is 0 Å². The highest BCUT2D eigenvalue weighted by molar-refractivity contribution is 5.70. The summed E-state index contributed by atoms with van der Waals surface area (Å²) in [5.74, 6) is -0.600. The van der Waals surface area contributed by atoms with Crippen molar-refractivity contribution >= 4 is 11.9 Å². The van der Waals surface area contributed by atoms with E-state index in [9.17, 15) is 14.7 Å². The van der Waals surface area contributed by atoms with E-state index in [1.165, 1.54) is 128 Å². The van der Waals surface area contributed by atoms with E-state index < -0.39 is 6.10 Å². The summed E-state index contributed by atoms with van der Waals surface area (Å²) in [5, 5.41) is 9.71. The van der Waals surface area contributed by atoms with Crippen molar-refractivity contribution in [2.75, 3.05) is 13.2 Å². The summed E-state index contributed by atoms with van der Waals surface area (Å²) in [6.45, 7) is 3.91. The lowest BCUT2D eigenvalue weighted by atomic mass is 10.0. The molecule has 0 aromatic heterocycles. The molecule has 0 aliphatic carbocycles. The number of unbranched alkanes of at least 4 members (excludes halogenated alkanes) is 24. The standard InChI is InChI=1S/C83H132O5/c1-3-5-7-9-11-13-15-17-19-21-23-25-27-29-31-33-35-37-39-40-41-42-44-46-48-50-52-54-56-58-60-62-64-66-68-70-72-74-76-78-83(86)88-81(79-84)80-87-82(85)77-75-73-71-69-67-65-63-61-59-57-55-53-51-49-47-45-43-38-36-34-32-30-28-26-24-22-20-18-16-14-12-10-8-6-4-2/h5-8,11-14,17-20,23-26,29-32,35-38,40-41,44-47,50,52,81,84H,3-4,9-10,15-16,21-22,27-28,33-34,39,42-43,48-49,51,53-80H2,1-2H3/b7-5-,8-6-,13-11-,14-12-,19-17-,20-18-,25-23-,26-24-,31-29-,32-30-,37-35-,38-36-,41-40-,46-44-,47-45-,52-50-. The average molecular weight is 1210 g/mol. The highest BCUT2D eigenvalue weighted by Crippen LogP contribution is 2.16. The largest absolute Gasteiger partial charge is 0.462 e. The molecule has 0 aromatic rings. The summed E-state index contributed by atoms with van der Waals surface area (Å²) in [6, 6.07) is 0. The van der Waals surface area contributed by atoms with Crippen molar-refractivity contribution in [3.8, 4) is 0 Å². The van der Waals surface area contributed by atoms with Crippen LogP contribution in [0.15, 0.2) is 194 Å². The first kappa shape index (κ1) is 82.7. The highest BCUT2D eigenvalue weighted by atomic mass is 16.6. The lowest BCUT2D eigenvalue weighted by Crippen LogP contribution is -2.28. The van der Waals surface area contributed by atoms with Crippen LogP contribution in [0.5, 0.6) is 0 Å². The first-order valence-corrected chi connectivity index (χ1v) is 36.0. The summed E-state index contributed by atoms with van der Waals surface area (Å²) >= 11 is 0. The molecule has 1 N–H and O–H groups in total. The zero-order valence-electron chi connectivity index (χ0n) is 56.7. The first-order chi connectivity index (χ1) is 43.6. The second-order valence-corrected chi connectivity index (χ2v) is 23.2. The maximum absolute atomic E-state index is 12.4. The van der Waals surface area contributed by atoms with E-state index in [-0.39, 0.29) is 25.2 Å². The van der Waals surface area contributed by atoms with Crippen molar-refractivity contribution in [1.82, 2.24) is 0 Å². The van der Waals surface area contributed by atoms with Crippen LogP contribution in [-0.4, -0.2) is 36.4 Å². The summed E-state index contributed by atoms with van der Waals surface area (Å²) in [5.41, 5.74) is 0. The fraction of sp³-hybridized carbons (Fsp3) is 0.590. The molecule has 0 amide bonds. The van der Waals surface area contributed by atoms with Gasteiger partial charge in [-0.1, -0.05) is 337 Å². The average Bonchev–Trinajstić information content (AvgIpc) is 3.54. The van der Waals surface area contributed by atoms with Crippen molar-refractivity contribution in [1.29, 1.82) is 0 Å². The Morgan fingerprint density at radius 1 is 0.261 bits per heavy atom. The number of hydrogen-bond donors (Lipinski definition) is 1. The Morgan fingerprint density at radius 3 is 0.682 bits per heavy atom. The third kappa shape index (κ3) is 73.2. The Kier molecular flexibility index (Phi) is 71.4. The lowest BCUT2D eigenvalue weighted by Gasteiger charge is -2.15. The van der Waals surface area contributed by atoms with Gasteiger partial charge in [0.2, 0.25) is 0 Å². The molecule has 88 heavy (non-hydrogen) atoms. The van der Waals surface area contributed by atoms with Crippen LogP contribution in [-0.2, 0) is 19.1 Å². The molecule has 1 unspecified atom stereocenters. The molecule has 5 heteroatoms. The van der Waals surface area contributed by atoms with Gasteiger partial charge >= 0.3 is 11.9 Å². The van der Waals surface area contributed by atoms with E-state index in [2.05, 4.69) is 208 Å². The molecule has 5 nitrogen and oxygen atoms in total. The molecule has 0 aliphatic rings. The maximum atomic E-state index is 12.4. The molecule has 0 spiro atoms. The molecule has 0 saturated heterocycles. The Hall–Kier alpha value is -5.26. The van der Waals surface area contributed by atoms with E-state index in [0.29, 0.717) is 12.8 Å².